The lowest BCUT2D eigenvalue weighted by Gasteiger charge is -2.54. The van der Waals surface area contributed by atoms with Gasteiger partial charge in [0.25, 0.3) is 0 Å². The molecule has 3 rings (SSSR count). The molecule has 3 unspecified atom stereocenters. The molecule has 0 amide bonds. The molecule has 2 fully saturated rings. The van der Waals surface area contributed by atoms with Gasteiger partial charge in [-0.25, -0.2) is 4.39 Å². The smallest absolute Gasteiger partial charge is 0.191 e. The van der Waals surface area contributed by atoms with E-state index in [0.717, 1.165) is 24.6 Å². The van der Waals surface area contributed by atoms with E-state index in [2.05, 4.69) is 29.5 Å². The quantitative estimate of drug-likeness (QED) is 0.634. The van der Waals surface area contributed by atoms with E-state index in [1.165, 1.54) is 6.07 Å². The summed E-state index contributed by atoms with van der Waals surface area (Å²) in [6.07, 6.45) is 1.43. The molecule has 1 aliphatic carbocycles. The average Bonchev–Trinajstić information content (AvgIpc) is 3.04. The number of aliphatic imine (C=N–C) groups is 1. The van der Waals surface area contributed by atoms with Crippen LogP contribution < -0.4 is 15.4 Å². The van der Waals surface area contributed by atoms with Gasteiger partial charge in [-0.2, -0.15) is 0 Å². The normalized spacial score (nSPS) is 27.4. The number of hydrogen-bond donors (Lipinski definition) is 2. The fourth-order valence-electron chi connectivity index (χ4n) is 4.07. The van der Waals surface area contributed by atoms with Crippen molar-refractivity contribution in [1.29, 1.82) is 0 Å². The van der Waals surface area contributed by atoms with Crippen LogP contribution in [0.5, 0.6) is 5.75 Å². The number of nitrogens with one attached hydrogen (secondary N) is 2. The van der Waals surface area contributed by atoms with E-state index in [-0.39, 0.29) is 17.0 Å². The largest absolute Gasteiger partial charge is 0.491 e. The zero-order valence-corrected chi connectivity index (χ0v) is 15.4. The molecule has 138 valence electrons. The second-order valence-electron chi connectivity index (χ2n) is 7.31. The van der Waals surface area contributed by atoms with E-state index < -0.39 is 0 Å². The van der Waals surface area contributed by atoms with Crippen molar-refractivity contribution in [3.8, 4) is 5.75 Å². The molecule has 6 heteroatoms. The second kappa shape index (κ2) is 7.20. The van der Waals surface area contributed by atoms with Crippen molar-refractivity contribution in [2.45, 2.75) is 45.9 Å². The van der Waals surface area contributed by atoms with Crippen molar-refractivity contribution >= 4 is 5.96 Å². The second-order valence-corrected chi connectivity index (χ2v) is 7.31. The van der Waals surface area contributed by atoms with Gasteiger partial charge in [0, 0.05) is 37.6 Å². The molecule has 0 radical (unpaired) electrons. The van der Waals surface area contributed by atoms with Crippen LogP contribution in [-0.2, 0) is 11.3 Å². The lowest BCUT2D eigenvalue weighted by molar-refractivity contribution is -0.106. The molecule has 2 N–H and O–H groups in total. The summed E-state index contributed by atoms with van der Waals surface area (Å²) in [5, 5.41) is 6.79. The molecule has 1 aliphatic heterocycles. The molecule has 1 aromatic rings. The van der Waals surface area contributed by atoms with Crippen molar-refractivity contribution in [3.63, 3.8) is 0 Å². The van der Waals surface area contributed by atoms with Crippen LogP contribution >= 0.6 is 0 Å². The Hall–Kier alpha value is -1.82. The summed E-state index contributed by atoms with van der Waals surface area (Å²) >= 11 is 0. The number of ether oxygens (including phenoxy) is 2. The molecule has 0 aromatic heterocycles. The van der Waals surface area contributed by atoms with E-state index in [1.807, 2.05) is 13.0 Å². The third-order valence-corrected chi connectivity index (χ3v) is 5.37. The lowest BCUT2D eigenvalue weighted by Crippen LogP contribution is -2.67. The Morgan fingerprint density at radius 3 is 2.92 bits per heavy atom. The maximum atomic E-state index is 14.0. The monoisotopic (exact) mass is 349 g/mol. The van der Waals surface area contributed by atoms with Crippen LogP contribution in [0.3, 0.4) is 0 Å². The Kier molecular flexibility index (Phi) is 5.18. The average molecular weight is 349 g/mol. The van der Waals surface area contributed by atoms with Crippen LogP contribution in [0.25, 0.3) is 0 Å². The predicted octanol–water partition coefficient (Wildman–Crippen LogP) is 2.70. The van der Waals surface area contributed by atoms with Gasteiger partial charge in [0.1, 0.15) is 0 Å². The fourth-order valence-corrected chi connectivity index (χ4v) is 4.07. The number of halogens is 1. The highest BCUT2D eigenvalue weighted by molar-refractivity contribution is 5.80. The van der Waals surface area contributed by atoms with Crippen molar-refractivity contribution in [2.24, 2.45) is 16.3 Å². The molecule has 3 atom stereocenters. The van der Waals surface area contributed by atoms with Gasteiger partial charge in [-0.15, -0.1) is 0 Å². The zero-order valence-electron chi connectivity index (χ0n) is 15.4. The van der Waals surface area contributed by atoms with E-state index in [4.69, 9.17) is 9.47 Å². The minimum atomic E-state index is -0.338. The molecule has 0 spiro atoms. The van der Waals surface area contributed by atoms with Crippen LogP contribution in [0, 0.1) is 17.2 Å². The predicted molar refractivity (Wildman–Crippen MR) is 96.3 cm³/mol. The summed E-state index contributed by atoms with van der Waals surface area (Å²) in [6.45, 7) is 8.09. The summed E-state index contributed by atoms with van der Waals surface area (Å²) in [5.74, 6) is 1.22. The van der Waals surface area contributed by atoms with E-state index in [1.54, 1.807) is 13.1 Å². The van der Waals surface area contributed by atoms with Gasteiger partial charge >= 0.3 is 0 Å². The molecule has 1 saturated heterocycles. The van der Waals surface area contributed by atoms with Gasteiger partial charge in [0.2, 0.25) is 0 Å². The molecular weight excluding hydrogens is 321 g/mol. The number of guanidine groups is 1. The fraction of sp³-hybridized carbons (Fsp3) is 0.632. The van der Waals surface area contributed by atoms with Crippen LogP contribution in [0.15, 0.2) is 23.2 Å². The first-order chi connectivity index (χ1) is 12.0. The molecule has 1 heterocycles. The van der Waals surface area contributed by atoms with Gasteiger partial charge in [-0.1, -0.05) is 19.9 Å². The lowest BCUT2D eigenvalue weighted by atomic mass is 9.57. The summed E-state index contributed by atoms with van der Waals surface area (Å²) in [6, 6.07) is 5.37. The Balaban J connectivity index is 1.57. The van der Waals surface area contributed by atoms with Crippen molar-refractivity contribution in [3.05, 3.63) is 29.6 Å². The molecule has 0 bridgehead atoms. The highest BCUT2D eigenvalue weighted by Crippen LogP contribution is 2.52. The number of nitrogens with zero attached hydrogens (tertiary/aromatic N) is 1. The first-order valence-electron chi connectivity index (χ1n) is 8.97. The van der Waals surface area contributed by atoms with Crippen molar-refractivity contribution < 1.29 is 13.9 Å². The standard InChI is InChI=1S/C19H28FN3O2/c1-5-24-15-7-6-12(10-14(15)20)11-22-18(21-4)23-16-13-8-9-25-17(13)19(16,2)3/h6-7,10,13,16-17H,5,8-9,11H2,1-4H3,(H2,21,22,23). The van der Waals surface area contributed by atoms with Gasteiger partial charge in [0.05, 0.1) is 12.7 Å². The maximum absolute atomic E-state index is 14.0. The third kappa shape index (κ3) is 3.45. The van der Waals surface area contributed by atoms with Gasteiger partial charge in [-0.05, 0) is 31.0 Å². The number of rotatable bonds is 5. The maximum Gasteiger partial charge on any atom is 0.191 e. The third-order valence-electron chi connectivity index (χ3n) is 5.37. The number of hydrogen-bond acceptors (Lipinski definition) is 3. The van der Waals surface area contributed by atoms with Crippen molar-refractivity contribution in [2.75, 3.05) is 20.3 Å². The minimum absolute atomic E-state index is 0.0873. The summed E-state index contributed by atoms with van der Waals surface area (Å²) in [5.41, 5.74) is 0.933. The summed E-state index contributed by atoms with van der Waals surface area (Å²) in [7, 11) is 1.75. The van der Waals surface area contributed by atoms with Crippen LogP contribution in [0.4, 0.5) is 4.39 Å². The van der Waals surface area contributed by atoms with E-state index in [0.29, 0.717) is 31.2 Å². The Bertz CT molecular complexity index is 648. The first kappa shape index (κ1) is 18.0. The summed E-state index contributed by atoms with van der Waals surface area (Å²) < 4.78 is 25.0. The molecule has 1 aromatic carbocycles. The van der Waals surface area contributed by atoms with Gasteiger partial charge in [-0.3, -0.25) is 4.99 Å². The minimum Gasteiger partial charge on any atom is -0.491 e. The number of fused-ring (bicyclic) bond motifs is 1. The molecule has 5 nitrogen and oxygen atoms in total. The first-order valence-corrected chi connectivity index (χ1v) is 8.97. The van der Waals surface area contributed by atoms with E-state index >= 15 is 0 Å². The van der Waals surface area contributed by atoms with Crippen LogP contribution in [0.2, 0.25) is 0 Å². The Morgan fingerprint density at radius 1 is 1.44 bits per heavy atom. The highest BCUT2D eigenvalue weighted by Gasteiger charge is 2.59. The van der Waals surface area contributed by atoms with Gasteiger partial charge in [0.15, 0.2) is 17.5 Å². The highest BCUT2D eigenvalue weighted by atomic mass is 19.1. The van der Waals surface area contributed by atoms with Gasteiger partial charge < -0.3 is 20.1 Å². The summed E-state index contributed by atoms with van der Waals surface area (Å²) in [4.78, 5) is 4.31. The Morgan fingerprint density at radius 2 is 2.24 bits per heavy atom. The number of benzene rings is 1. The molecule has 1 saturated carbocycles. The van der Waals surface area contributed by atoms with Crippen LogP contribution in [-0.4, -0.2) is 38.4 Å². The van der Waals surface area contributed by atoms with Crippen LogP contribution in [0.1, 0.15) is 32.8 Å². The molecule has 25 heavy (non-hydrogen) atoms. The molecule has 2 aliphatic rings. The van der Waals surface area contributed by atoms with Crippen molar-refractivity contribution in [1.82, 2.24) is 10.6 Å². The SMILES string of the molecule is CCOc1ccc(CNC(=NC)NC2C3CCOC3C2(C)C)cc1F. The molecular formula is C19H28FN3O2. The zero-order chi connectivity index (χ0) is 18.0. The van der Waals surface area contributed by atoms with E-state index in [9.17, 15) is 4.39 Å². The Labute approximate surface area is 149 Å². The topological polar surface area (TPSA) is 54.9 Å².